The van der Waals surface area contributed by atoms with Crippen molar-refractivity contribution in [2.75, 3.05) is 36.0 Å². The Balaban J connectivity index is 1.43. The monoisotopic (exact) mass is 416 g/mol. The first-order valence-electron chi connectivity index (χ1n) is 10.4. The van der Waals surface area contributed by atoms with Gasteiger partial charge in [0.2, 0.25) is 5.95 Å². The van der Waals surface area contributed by atoms with Crippen LogP contribution >= 0.6 is 11.6 Å². The van der Waals surface area contributed by atoms with Crippen molar-refractivity contribution in [3.63, 3.8) is 0 Å². The molecule has 1 saturated heterocycles. The van der Waals surface area contributed by atoms with E-state index in [1.807, 2.05) is 12.1 Å². The van der Waals surface area contributed by atoms with E-state index in [-0.39, 0.29) is 0 Å². The van der Waals surface area contributed by atoms with Gasteiger partial charge in [0.25, 0.3) is 0 Å². The highest BCUT2D eigenvalue weighted by molar-refractivity contribution is 6.30. The van der Waals surface area contributed by atoms with Gasteiger partial charge in [0.05, 0.1) is 17.6 Å². The van der Waals surface area contributed by atoms with Gasteiger partial charge in [-0.15, -0.1) is 0 Å². The molecule has 0 saturated carbocycles. The lowest BCUT2D eigenvalue weighted by molar-refractivity contribution is 0.625. The molecule has 2 heterocycles. The van der Waals surface area contributed by atoms with Crippen LogP contribution in [-0.4, -0.2) is 35.7 Å². The molecular weight excluding hydrogens is 392 g/mol. The molecule has 0 atom stereocenters. The van der Waals surface area contributed by atoms with Gasteiger partial charge in [0, 0.05) is 36.9 Å². The van der Waals surface area contributed by atoms with Gasteiger partial charge in [-0.2, -0.15) is 0 Å². The zero-order chi connectivity index (χ0) is 20.5. The van der Waals surface area contributed by atoms with Crippen molar-refractivity contribution in [1.29, 1.82) is 0 Å². The van der Waals surface area contributed by atoms with E-state index in [1.54, 1.807) is 0 Å². The number of aromatic nitrogens is 2. The molecule has 4 nitrogen and oxygen atoms in total. The second-order valence-corrected chi connectivity index (χ2v) is 8.31. The van der Waals surface area contributed by atoms with E-state index >= 15 is 0 Å². The molecule has 0 radical (unpaired) electrons. The van der Waals surface area contributed by atoms with Crippen LogP contribution < -0.4 is 9.80 Å². The lowest BCUT2D eigenvalue weighted by Crippen LogP contribution is -2.47. The predicted octanol–water partition coefficient (Wildman–Crippen LogP) is 5.37. The van der Waals surface area contributed by atoms with Crippen LogP contribution in [0, 0.1) is 6.92 Å². The van der Waals surface area contributed by atoms with E-state index in [2.05, 4.69) is 82.0 Å². The minimum Gasteiger partial charge on any atom is -0.368 e. The number of hydrogen-bond acceptors (Lipinski definition) is 3. The van der Waals surface area contributed by atoms with Gasteiger partial charge in [-0.05, 0) is 48.4 Å². The molecule has 5 heteroatoms. The molecule has 30 heavy (non-hydrogen) atoms. The number of nitrogens with zero attached hydrogens (tertiary/aromatic N) is 4. The fraction of sp³-hybridized carbons (Fsp3) is 0.240. The summed E-state index contributed by atoms with van der Waals surface area (Å²) in [5.41, 5.74) is 6.11. The summed E-state index contributed by atoms with van der Waals surface area (Å²) in [6.07, 6.45) is 0. The predicted molar refractivity (Wildman–Crippen MR) is 126 cm³/mol. The molecule has 0 unspecified atom stereocenters. The van der Waals surface area contributed by atoms with E-state index in [0.29, 0.717) is 0 Å². The Morgan fingerprint density at radius 1 is 0.800 bits per heavy atom. The maximum absolute atomic E-state index is 6.08. The summed E-state index contributed by atoms with van der Waals surface area (Å²) in [6, 6.07) is 25.1. The molecule has 1 aliphatic rings. The third-order valence-corrected chi connectivity index (χ3v) is 6.16. The molecular formula is C25H25ClN4. The lowest BCUT2D eigenvalue weighted by Gasteiger charge is -2.37. The number of halogens is 1. The first kappa shape index (κ1) is 19.0. The van der Waals surface area contributed by atoms with E-state index in [1.165, 1.54) is 22.3 Å². The molecule has 3 aromatic carbocycles. The Kier molecular flexibility index (Phi) is 5.09. The summed E-state index contributed by atoms with van der Waals surface area (Å²) in [6.45, 7) is 6.87. The first-order chi connectivity index (χ1) is 14.7. The molecule has 0 bridgehead atoms. The van der Waals surface area contributed by atoms with Crippen LogP contribution in [0.2, 0.25) is 5.02 Å². The minimum absolute atomic E-state index is 0.766. The zero-order valence-corrected chi connectivity index (χ0v) is 17.9. The van der Waals surface area contributed by atoms with E-state index in [9.17, 15) is 0 Å². The second-order valence-electron chi connectivity index (χ2n) is 7.87. The molecule has 4 aromatic rings. The van der Waals surface area contributed by atoms with Gasteiger partial charge in [-0.3, -0.25) is 0 Å². The Morgan fingerprint density at radius 2 is 1.47 bits per heavy atom. The number of rotatable bonds is 4. The summed E-state index contributed by atoms with van der Waals surface area (Å²) in [5, 5.41) is 0.766. The topological polar surface area (TPSA) is 24.3 Å². The zero-order valence-electron chi connectivity index (χ0n) is 17.1. The highest BCUT2D eigenvalue weighted by Gasteiger charge is 2.23. The molecule has 5 rings (SSSR count). The number of fused-ring (bicyclic) bond motifs is 1. The maximum atomic E-state index is 6.08. The van der Waals surface area contributed by atoms with Crippen molar-refractivity contribution >= 4 is 34.3 Å². The number of hydrogen-bond donors (Lipinski definition) is 0. The number of benzene rings is 3. The number of para-hydroxylation sites is 3. The lowest BCUT2D eigenvalue weighted by atomic mass is 10.1. The fourth-order valence-electron chi connectivity index (χ4n) is 4.30. The van der Waals surface area contributed by atoms with Crippen molar-refractivity contribution in [3.05, 3.63) is 88.9 Å². The standard InChI is InChI=1S/C25H25ClN4/c1-19-6-2-4-8-23(19)28-14-16-29(17-15-28)25-27-22-7-3-5-9-24(22)30(25)18-20-10-12-21(26)13-11-20/h2-13H,14-18H2,1H3. The largest absolute Gasteiger partial charge is 0.368 e. The molecule has 1 aliphatic heterocycles. The summed E-state index contributed by atoms with van der Waals surface area (Å²) < 4.78 is 2.34. The molecule has 0 aliphatic carbocycles. The molecule has 0 spiro atoms. The summed E-state index contributed by atoms with van der Waals surface area (Å²) in [5.74, 6) is 1.05. The SMILES string of the molecule is Cc1ccccc1N1CCN(c2nc3ccccc3n2Cc2ccc(Cl)cc2)CC1. The number of anilines is 2. The summed E-state index contributed by atoms with van der Waals surface area (Å²) in [4.78, 5) is 9.92. The van der Waals surface area contributed by atoms with Crippen molar-refractivity contribution in [1.82, 2.24) is 9.55 Å². The van der Waals surface area contributed by atoms with Crippen molar-refractivity contribution in [3.8, 4) is 0 Å². The van der Waals surface area contributed by atoms with Crippen LogP contribution in [0.1, 0.15) is 11.1 Å². The fourth-order valence-corrected chi connectivity index (χ4v) is 4.42. The average molecular weight is 417 g/mol. The van der Waals surface area contributed by atoms with E-state index in [4.69, 9.17) is 16.6 Å². The molecule has 0 N–H and O–H groups in total. The van der Waals surface area contributed by atoms with Crippen LogP contribution in [0.4, 0.5) is 11.6 Å². The normalized spacial score (nSPS) is 14.5. The molecule has 152 valence electrons. The van der Waals surface area contributed by atoms with Crippen LogP contribution in [0.3, 0.4) is 0 Å². The van der Waals surface area contributed by atoms with Crippen LogP contribution in [0.15, 0.2) is 72.8 Å². The summed E-state index contributed by atoms with van der Waals surface area (Å²) >= 11 is 6.08. The number of aryl methyl sites for hydroxylation is 1. The van der Waals surface area contributed by atoms with Crippen LogP contribution in [0.25, 0.3) is 11.0 Å². The Morgan fingerprint density at radius 3 is 2.23 bits per heavy atom. The third-order valence-electron chi connectivity index (χ3n) is 5.91. The Labute approximate surface area is 182 Å². The van der Waals surface area contributed by atoms with Gasteiger partial charge in [-0.25, -0.2) is 4.98 Å². The Bertz CT molecular complexity index is 1160. The molecule has 1 fully saturated rings. The first-order valence-corrected chi connectivity index (χ1v) is 10.8. The molecule has 1 aromatic heterocycles. The third kappa shape index (κ3) is 3.63. The van der Waals surface area contributed by atoms with Gasteiger partial charge in [0.1, 0.15) is 0 Å². The maximum Gasteiger partial charge on any atom is 0.206 e. The quantitative estimate of drug-likeness (QED) is 0.446. The van der Waals surface area contributed by atoms with Gasteiger partial charge < -0.3 is 14.4 Å². The molecule has 0 amide bonds. The van der Waals surface area contributed by atoms with Crippen molar-refractivity contribution < 1.29 is 0 Å². The van der Waals surface area contributed by atoms with Crippen LogP contribution in [-0.2, 0) is 6.54 Å². The Hall–Kier alpha value is -2.98. The highest BCUT2D eigenvalue weighted by atomic mass is 35.5. The van der Waals surface area contributed by atoms with Gasteiger partial charge >= 0.3 is 0 Å². The van der Waals surface area contributed by atoms with Crippen molar-refractivity contribution in [2.45, 2.75) is 13.5 Å². The highest BCUT2D eigenvalue weighted by Crippen LogP contribution is 2.27. The van der Waals surface area contributed by atoms with Gasteiger partial charge in [-0.1, -0.05) is 54.1 Å². The minimum atomic E-state index is 0.766. The van der Waals surface area contributed by atoms with Crippen LogP contribution in [0.5, 0.6) is 0 Å². The smallest absolute Gasteiger partial charge is 0.206 e. The summed E-state index contributed by atoms with van der Waals surface area (Å²) in [7, 11) is 0. The second kappa shape index (κ2) is 8.04. The van der Waals surface area contributed by atoms with Gasteiger partial charge in [0.15, 0.2) is 0 Å². The van der Waals surface area contributed by atoms with Crippen molar-refractivity contribution in [2.24, 2.45) is 0 Å². The number of imidazole rings is 1. The number of piperazine rings is 1. The van der Waals surface area contributed by atoms with E-state index < -0.39 is 0 Å². The van der Waals surface area contributed by atoms with E-state index in [0.717, 1.165) is 49.2 Å². The average Bonchev–Trinajstić information content (AvgIpc) is 3.14.